The number of hydrogen-bond acceptors (Lipinski definition) is 9. The second-order valence-electron chi connectivity index (χ2n) is 1.81. The van der Waals surface area contributed by atoms with E-state index in [-0.39, 0.29) is 0 Å². The Balaban J connectivity index is 4.56. The maximum atomic E-state index is 9.76. The summed E-state index contributed by atoms with van der Waals surface area (Å²) in [6.07, 6.45) is 0. The Morgan fingerprint density at radius 1 is 0.857 bits per heavy atom. The molecule has 80 valence electrons. The van der Waals surface area contributed by atoms with Gasteiger partial charge in [0.05, 0.1) is 0 Å². The Bertz CT molecular complexity index is 220. The van der Waals surface area contributed by atoms with E-state index in [0.717, 1.165) is 0 Å². The molecule has 0 rings (SSSR count). The van der Waals surface area contributed by atoms with Crippen LogP contribution in [0.3, 0.4) is 0 Å². The summed E-state index contributed by atoms with van der Waals surface area (Å²) < 4.78 is 0. The molecule has 0 radical (unpaired) electrons. The van der Waals surface area contributed by atoms with Crippen molar-refractivity contribution in [3.05, 3.63) is 30.3 Å². The van der Waals surface area contributed by atoms with Crippen LogP contribution in [0.15, 0.2) is 0 Å². The molecule has 0 bridgehead atoms. The molecule has 0 unspecified atom stereocenters. The Hall–Kier alpha value is -2.40. The quantitative estimate of drug-likeness (QED) is 0.315. The molecule has 14 heavy (non-hydrogen) atoms. The van der Waals surface area contributed by atoms with Crippen LogP contribution in [-0.4, -0.2) is 21.2 Å². The molecule has 0 heterocycles. The lowest BCUT2D eigenvalue weighted by atomic mass is 10.7. The molecule has 12 heteroatoms. The van der Waals surface area contributed by atoms with Crippen molar-refractivity contribution in [3.8, 4) is 0 Å². The summed E-state index contributed by atoms with van der Waals surface area (Å²) >= 11 is 0. The Kier molecular flexibility index (Phi) is 3.33. The van der Waals surface area contributed by atoms with E-state index in [9.17, 15) is 30.3 Å². The van der Waals surface area contributed by atoms with E-state index >= 15 is 0 Å². The highest BCUT2D eigenvalue weighted by Gasteiger charge is 2.38. The third-order valence-corrected chi connectivity index (χ3v) is 0.721. The summed E-state index contributed by atoms with van der Waals surface area (Å²) in [5, 5.41) is 24.7. The van der Waals surface area contributed by atoms with Gasteiger partial charge < -0.3 is 0 Å². The standard InChI is InChI=1S/C2H3N3O9/c1-2(12-3(6)7,13-4(8)9)14-5(10)11/h1H3. The zero-order valence-corrected chi connectivity index (χ0v) is 6.52. The zero-order valence-electron chi connectivity index (χ0n) is 6.52. The van der Waals surface area contributed by atoms with Gasteiger partial charge in [0.15, 0.2) is 0 Å². The van der Waals surface area contributed by atoms with Gasteiger partial charge in [-0.15, -0.1) is 30.3 Å². The van der Waals surface area contributed by atoms with Gasteiger partial charge in [0.2, 0.25) is 0 Å². The predicted molar refractivity (Wildman–Crippen MR) is 32.6 cm³/mol. The monoisotopic (exact) mass is 213 g/mol. The highest BCUT2D eigenvalue weighted by molar-refractivity contribution is 4.34. The van der Waals surface area contributed by atoms with Gasteiger partial charge in [-0.05, 0) is 0 Å². The molecule has 0 N–H and O–H groups in total. The molecule has 0 saturated heterocycles. The molecule has 0 aliphatic carbocycles. The number of hydrogen-bond donors (Lipinski definition) is 0. The molecule has 0 aliphatic heterocycles. The highest BCUT2D eigenvalue weighted by Crippen LogP contribution is 2.14. The fourth-order valence-electron chi connectivity index (χ4n) is 0.456. The van der Waals surface area contributed by atoms with Crippen LogP contribution in [0.25, 0.3) is 0 Å². The molecular weight excluding hydrogens is 210 g/mol. The predicted octanol–water partition coefficient (Wildman–Crippen LogP) is -0.715. The van der Waals surface area contributed by atoms with Crippen molar-refractivity contribution in [1.29, 1.82) is 0 Å². The second-order valence-corrected chi connectivity index (χ2v) is 1.81. The first-order valence-corrected chi connectivity index (χ1v) is 2.76. The minimum absolute atomic E-state index is 0.488. The van der Waals surface area contributed by atoms with Crippen molar-refractivity contribution in [2.24, 2.45) is 0 Å². The van der Waals surface area contributed by atoms with Crippen LogP contribution in [0.5, 0.6) is 0 Å². The van der Waals surface area contributed by atoms with Crippen LogP contribution in [0.2, 0.25) is 0 Å². The highest BCUT2D eigenvalue weighted by atomic mass is 17.2. The lowest BCUT2D eigenvalue weighted by Gasteiger charge is -2.20. The summed E-state index contributed by atoms with van der Waals surface area (Å²) in [4.78, 5) is 39.6. The Labute approximate surface area is 74.3 Å². The molecule has 0 aromatic heterocycles. The van der Waals surface area contributed by atoms with Crippen molar-refractivity contribution in [3.63, 3.8) is 0 Å². The summed E-state index contributed by atoms with van der Waals surface area (Å²) in [5.41, 5.74) is 0. The van der Waals surface area contributed by atoms with E-state index in [2.05, 4.69) is 14.5 Å². The van der Waals surface area contributed by atoms with E-state index < -0.39 is 21.2 Å². The SMILES string of the molecule is CC(O[N+](=O)[O-])(O[N+](=O)[O-])O[N+](=O)[O-]. The average Bonchev–Trinajstić information content (AvgIpc) is 1.76. The van der Waals surface area contributed by atoms with Crippen LogP contribution < -0.4 is 0 Å². The fourth-order valence-corrected chi connectivity index (χ4v) is 0.456. The molecule has 0 aliphatic rings. The minimum Gasteiger partial charge on any atom is -0.251 e. The summed E-state index contributed by atoms with van der Waals surface area (Å²) in [7, 11) is 0. The van der Waals surface area contributed by atoms with Gasteiger partial charge in [0.1, 0.15) is 0 Å². The number of nitrogens with zero attached hydrogens (tertiary/aromatic N) is 3. The molecule has 12 nitrogen and oxygen atoms in total. The molecule has 0 atom stereocenters. The van der Waals surface area contributed by atoms with Gasteiger partial charge in [0.25, 0.3) is 15.3 Å². The fraction of sp³-hybridized carbons (Fsp3) is 1.00. The molecule has 0 saturated carbocycles. The van der Waals surface area contributed by atoms with Gasteiger partial charge in [0, 0.05) is 6.92 Å². The van der Waals surface area contributed by atoms with Crippen LogP contribution in [0.4, 0.5) is 0 Å². The van der Waals surface area contributed by atoms with Gasteiger partial charge in [-0.25, -0.2) is 0 Å². The van der Waals surface area contributed by atoms with Gasteiger partial charge in [-0.3, -0.25) is 14.5 Å². The van der Waals surface area contributed by atoms with Crippen LogP contribution >= 0.6 is 0 Å². The molecule has 0 aromatic carbocycles. The minimum atomic E-state index is -3.03. The third kappa shape index (κ3) is 4.47. The molecule has 0 aromatic rings. The second kappa shape index (κ2) is 4.01. The zero-order chi connectivity index (χ0) is 11.4. The smallest absolute Gasteiger partial charge is 0.251 e. The first-order valence-electron chi connectivity index (χ1n) is 2.76. The van der Waals surface area contributed by atoms with E-state index in [1.165, 1.54) is 0 Å². The first-order chi connectivity index (χ1) is 6.25. The van der Waals surface area contributed by atoms with E-state index in [1.54, 1.807) is 0 Å². The van der Waals surface area contributed by atoms with Crippen LogP contribution in [0, 0.1) is 30.3 Å². The van der Waals surface area contributed by atoms with Crippen molar-refractivity contribution in [1.82, 2.24) is 0 Å². The lowest BCUT2D eigenvalue weighted by molar-refractivity contribution is -0.952. The molecular formula is C2H3N3O9. The topological polar surface area (TPSA) is 157 Å². The summed E-state index contributed by atoms with van der Waals surface area (Å²) in [6.45, 7) is 0.488. The largest absolute Gasteiger partial charge is 0.404 e. The van der Waals surface area contributed by atoms with Crippen LogP contribution in [-0.2, 0) is 14.5 Å². The van der Waals surface area contributed by atoms with Gasteiger partial charge in [-0.1, -0.05) is 0 Å². The van der Waals surface area contributed by atoms with Gasteiger partial charge >= 0.3 is 5.97 Å². The van der Waals surface area contributed by atoms with E-state index in [1.807, 2.05) is 0 Å². The first kappa shape index (κ1) is 11.6. The summed E-state index contributed by atoms with van der Waals surface area (Å²) in [6, 6.07) is 0. The maximum absolute atomic E-state index is 9.76. The summed E-state index contributed by atoms with van der Waals surface area (Å²) in [5.74, 6) is -3.03. The Morgan fingerprint density at radius 2 is 1.07 bits per heavy atom. The Morgan fingerprint density at radius 3 is 1.21 bits per heavy atom. The molecule has 0 spiro atoms. The number of rotatable bonds is 6. The van der Waals surface area contributed by atoms with Gasteiger partial charge in [-0.2, -0.15) is 0 Å². The normalized spacial score (nSPS) is 10.1. The average molecular weight is 213 g/mol. The maximum Gasteiger partial charge on any atom is 0.404 e. The lowest BCUT2D eigenvalue weighted by Crippen LogP contribution is -2.41. The van der Waals surface area contributed by atoms with Crippen molar-refractivity contribution >= 4 is 0 Å². The van der Waals surface area contributed by atoms with Crippen LogP contribution in [0.1, 0.15) is 6.92 Å². The van der Waals surface area contributed by atoms with Crippen molar-refractivity contribution in [2.75, 3.05) is 0 Å². The third-order valence-electron chi connectivity index (χ3n) is 0.721. The molecule has 0 amide bonds. The van der Waals surface area contributed by atoms with E-state index in [0.29, 0.717) is 6.92 Å². The van der Waals surface area contributed by atoms with Crippen molar-refractivity contribution in [2.45, 2.75) is 12.9 Å². The van der Waals surface area contributed by atoms with E-state index in [4.69, 9.17) is 0 Å². The molecule has 0 fully saturated rings. The van der Waals surface area contributed by atoms with Crippen molar-refractivity contribution < 1.29 is 29.8 Å².